The van der Waals surface area contributed by atoms with Gasteiger partial charge in [0.15, 0.2) is 0 Å². The molecule has 0 aromatic carbocycles. The maximum atomic E-state index is 5.70. The SMILES string of the molecule is Cc1ccnc(N(CCN)C2CCCC2)c1. The van der Waals surface area contributed by atoms with Crippen LogP contribution in [0.3, 0.4) is 0 Å². The second-order valence-corrected chi connectivity index (χ2v) is 4.61. The number of aryl methyl sites for hydroxylation is 1. The molecule has 0 atom stereocenters. The van der Waals surface area contributed by atoms with E-state index in [9.17, 15) is 0 Å². The Morgan fingerprint density at radius 2 is 2.19 bits per heavy atom. The smallest absolute Gasteiger partial charge is 0.129 e. The van der Waals surface area contributed by atoms with E-state index in [-0.39, 0.29) is 0 Å². The molecule has 0 bridgehead atoms. The first kappa shape index (κ1) is 11.4. The minimum atomic E-state index is 0.651. The molecule has 0 aliphatic heterocycles. The van der Waals surface area contributed by atoms with Crippen molar-refractivity contribution in [1.82, 2.24) is 4.98 Å². The molecular formula is C13H21N3. The van der Waals surface area contributed by atoms with Gasteiger partial charge in [0.05, 0.1) is 0 Å². The summed E-state index contributed by atoms with van der Waals surface area (Å²) >= 11 is 0. The van der Waals surface area contributed by atoms with Crippen molar-refractivity contribution in [2.24, 2.45) is 5.73 Å². The van der Waals surface area contributed by atoms with E-state index in [1.165, 1.54) is 31.2 Å². The van der Waals surface area contributed by atoms with E-state index < -0.39 is 0 Å². The van der Waals surface area contributed by atoms with E-state index in [0.717, 1.165) is 12.4 Å². The molecule has 0 amide bonds. The van der Waals surface area contributed by atoms with Crippen molar-refractivity contribution in [2.75, 3.05) is 18.0 Å². The summed E-state index contributed by atoms with van der Waals surface area (Å²) in [5, 5.41) is 0. The monoisotopic (exact) mass is 219 g/mol. The zero-order valence-electron chi connectivity index (χ0n) is 10.0. The van der Waals surface area contributed by atoms with Gasteiger partial charge in [0.2, 0.25) is 0 Å². The van der Waals surface area contributed by atoms with Crippen LogP contribution in [-0.4, -0.2) is 24.1 Å². The predicted octanol–water partition coefficient (Wildman–Crippen LogP) is 2.10. The normalized spacial score (nSPS) is 16.6. The molecule has 88 valence electrons. The minimum absolute atomic E-state index is 0.651. The number of anilines is 1. The number of hydrogen-bond acceptors (Lipinski definition) is 3. The lowest BCUT2D eigenvalue weighted by Gasteiger charge is -2.29. The van der Waals surface area contributed by atoms with E-state index in [2.05, 4.69) is 22.9 Å². The second kappa shape index (κ2) is 5.30. The highest BCUT2D eigenvalue weighted by Gasteiger charge is 2.22. The third-order valence-corrected chi connectivity index (χ3v) is 3.33. The summed E-state index contributed by atoms with van der Waals surface area (Å²) in [5.74, 6) is 1.09. The average molecular weight is 219 g/mol. The largest absolute Gasteiger partial charge is 0.352 e. The molecule has 0 unspecified atom stereocenters. The molecule has 2 N–H and O–H groups in total. The molecule has 1 heterocycles. The lowest BCUT2D eigenvalue weighted by atomic mass is 10.2. The fourth-order valence-corrected chi connectivity index (χ4v) is 2.52. The van der Waals surface area contributed by atoms with Gasteiger partial charge in [-0.15, -0.1) is 0 Å². The van der Waals surface area contributed by atoms with Gasteiger partial charge in [-0.05, 0) is 37.5 Å². The van der Waals surface area contributed by atoms with Gasteiger partial charge in [0, 0.05) is 25.3 Å². The van der Waals surface area contributed by atoms with Gasteiger partial charge in [-0.2, -0.15) is 0 Å². The van der Waals surface area contributed by atoms with Crippen LogP contribution in [0.5, 0.6) is 0 Å². The summed E-state index contributed by atoms with van der Waals surface area (Å²) in [5.41, 5.74) is 6.97. The molecule has 16 heavy (non-hydrogen) atoms. The molecule has 1 aromatic heterocycles. The molecule has 2 rings (SSSR count). The molecular weight excluding hydrogens is 198 g/mol. The van der Waals surface area contributed by atoms with Crippen LogP contribution in [0.1, 0.15) is 31.2 Å². The number of hydrogen-bond donors (Lipinski definition) is 1. The van der Waals surface area contributed by atoms with Gasteiger partial charge in [0.1, 0.15) is 5.82 Å². The summed E-state index contributed by atoms with van der Waals surface area (Å²) in [7, 11) is 0. The lowest BCUT2D eigenvalue weighted by molar-refractivity contribution is 0.602. The first-order valence-electron chi connectivity index (χ1n) is 6.20. The van der Waals surface area contributed by atoms with Gasteiger partial charge in [-0.25, -0.2) is 4.98 Å². The zero-order valence-corrected chi connectivity index (χ0v) is 10.0. The summed E-state index contributed by atoms with van der Waals surface area (Å²) < 4.78 is 0. The van der Waals surface area contributed by atoms with Crippen LogP contribution >= 0.6 is 0 Å². The van der Waals surface area contributed by atoms with Gasteiger partial charge in [-0.3, -0.25) is 0 Å². The first-order chi connectivity index (χ1) is 7.81. The molecule has 0 spiro atoms. The number of rotatable bonds is 4. The zero-order chi connectivity index (χ0) is 11.4. The van der Waals surface area contributed by atoms with Gasteiger partial charge in [0.25, 0.3) is 0 Å². The quantitative estimate of drug-likeness (QED) is 0.843. The minimum Gasteiger partial charge on any atom is -0.352 e. The number of pyridine rings is 1. The van der Waals surface area contributed by atoms with Crippen molar-refractivity contribution >= 4 is 5.82 Å². The fraction of sp³-hybridized carbons (Fsp3) is 0.615. The highest BCUT2D eigenvalue weighted by molar-refractivity contribution is 5.42. The topological polar surface area (TPSA) is 42.2 Å². The Morgan fingerprint density at radius 3 is 2.81 bits per heavy atom. The van der Waals surface area contributed by atoms with Crippen LogP contribution in [0.4, 0.5) is 5.82 Å². The van der Waals surface area contributed by atoms with Gasteiger partial charge < -0.3 is 10.6 Å². The highest BCUT2D eigenvalue weighted by Crippen LogP contribution is 2.26. The van der Waals surface area contributed by atoms with Crippen molar-refractivity contribution < 1.29 is 0 Å². The first-order valence-corrected chi connectivity index (χ1v) is 6.20. The van der Waals surface area contributed by atoms with E-state index >= 15 is 0 Å². The molecule has 3 heteroatoms. The Morgan fingerprint density at radius 1 is 1.44 bits per heavy atom. The van der Waals surface area contributed by atoms with Crippen LogP contribution in [0.15, 0.2) is 18.3 Å². The Kier molecular flexibility index (Phi) is 3.78. The van der Waals surface area contributed by atoms with Crippen LogP contribution < -0.4 is 10.6 Å². The Bertz CT molecular complexity index is 332. The summed E-state index contributed by atoms with van der Waals surface area (Å²) in [4.78, 5) is 6.86. The van der Waals surface area contributed by atoms with Crippen LogP contribution in [0, 0.1) is 6.92 Å². The van der Waals surface area contributed by atoms with Crippen LogP contribution in [0.25, 0.3) is 0 Å². The molecule has 0 radical (unpaired) electrons. The van der Waals surface area contributed by atoms with Crippen molar-refractivity contribution in [1.29, 1.82) is 0 Å². The molecule has 0 saturated heterocycles. The highest BCUT2D eigenvalue weighted by atomic mass is 15.2. The maximum absolute atomic E-state index is 5.70. The average Bonchev–Trinajstić information content (AvgIpc) is 2.79. The molecule has 1 aliphatic rings. The van der Waals surface area contributed by atoms with E-state index in [0.29, 0.717) is 12.6 Å². The standard InChI is InChI=1S/C13H21N3/c1-11-6-8-15-13(10-11)16(9-7-14)12-4-2-3-5-12/h6,8,10,12H,2-5,7,9,14H2,1H3. The van der Waals surface area contributed by atoms with Crippen molar-refractivity contribution in [3.8, 4) is 0 Å². The van der Waals surface area contributed by atoms with E-state index in [4.69, 9.17) is 5.73 Å². The summed E-state index contributed by atoms with van der Waals surface area (Å²) in [6.45, 7) is 3.73. The Balaban J connectivity index is 2.17. The number of nitrogens with zero attached hydrogens (tertiary/aromatic N) is 2. The van der Waals surface area contributed by atoms with Crippen molar-refractivity contribution in [3.05, 3.63) is 23.9 Å². The van der Waals surface area contributed by atoms with Crippen molar-refractivity contribution in [3.63, 3.8) is 0 Å². The third-order valence-electron chi connectivity index (χ3n) is 3.33. The van der Waals surface area contributed by atoms with Gasteiger partial charge >= 0.3 is 0 Å². The van der Waals surface area contributed by atoms with Crippen LogP contribution in [-0.2, 0) is 0 Å². The molecule has 1 fully saturated rings. The fourth-order valence-electron chi connectivity index (χ4n) is 2.52. The number of aromatic nitrogens is 1. The third kappa shape index (κ3) is 2.53. The summed E-state index contributed by atoms with van der Waals surface area (Å²) in [6, 6.07) is 4.85. The van der Waals surface area contributed by atoms with Crippen LogP contribution in [0.2, 0.25) is 0 Å². The Labute approximate surface area is 97.7 Å². The second-order valence-electron chi connectivity index (χ2n) is 4.61. The lowest BCUT2D eigenvalue weighted by Crippen LogP contribution is -2.37. The molecule has 1 aromatic rings. The Hall–Kier alpha value is -1.09. The molecule has 1 saturated carbocycles. The molecule has 3 nitrogen and oxygen atoms in total. The summed E-state index contributed by atoms with van der Waals surface area (Å²) in [6.07, 6.45) is 7.16. The number of nitrogens with two attached hydrogens (primary N) is 1. The molecule has 1 aliphatic carbocycles. The maximum Gasteiger partial charge on any atom is 0.129 e. The van der Waals surface area contributed by atoms with Gasteiger partial charge in [-0.1, -0.05) is 12.8 Å². The van der Waals surface area contributed by atoms with E-state index in [1.807, 2.05) is 12.3 Å². The predicted molar refractivity (Wildman–Crippen MR) is 67.6 cm³/mol. The van der Waals surface area contributed by atoms with Crippen molar-refractivity contribution in [2.45, 2.75) is 38.6 Å². The van der Waals surface area contributed by atoms with E-state index in [1.54, 1.807) is 0 Å².